The van der Waals surface area contributed by atoms with E-state index in [0.29, 0.717) is 10.6 Å². The molecule has 6 nitrogen and oxygen atoms in total. The highest BCUT2D eigenvalue weighted by Crippen LogP contribution is 2.28. The van der Waals surface area contributed by atoms with Crippen molar-refractivity contribution < 1.29 is 14.4 Å². The van der Waals surface area contributed by atoms with Gasteiger partial charge in [-0.1, -0.05) is 23.7 Å². The molecule has 0 unspecified atom stereocenters. The first-order valence-electron chi connectivity index (χ1n) is 8.58. The summed E-state index contributed by atoms with van der Waals surface area (Å²) < 4.78 is 0. The zero-order chi connectivity index (χ0) is 19.6. The number of hydrogen-bond donors (Lipinski definition) is 2. The summed E-state index contributed by atoms with van der Waals surface area (Å²) in [6.45, 7) is 4.17. The highest BCUT2D eigenvalue weighted by atomic mass is 35.5. The molecule has 0 aliphatic carbocycles. The second-order valence-electron chi connectivity index (χ2n) is 6.65. The molecule has 1 fully saturated rings. The first kappa shape index (κ1) is 18.9. The lowest BCUT2D eigenvalue weighted by Crippen LogP contribution is -2.45. The molecule has 1 atom stereocenters. The quantitative estimate of drug-likeness (QED) is 0.797. The first-order chi connectivity index (χ1) is 12.8. The lowest BCUT2D eigenvalue weighted by atomic mass is 10.1. The predicted molar refractivity (Wildman–Crippen MR) is 103 cm³/mol. The molecule has 1 saturated heterocycles. The number of hydrazine groups is 1. The van der Waals surface area contributed by atoms with Crippen LogP contribution in [0.5, 0.6) is 0 Å². The molecule has 3 rings (SSSR count). The molecule has 0 saturated carbocycles. The van der Waals surface area contributed by atoms with E-state index < -0.39 is 17.7 Å². The normalized spacial score (nSPS) is 16.3. The number of amides is 3. The third-order valence-corrected chi connectivity index (χ3v) is 4.81. The van der Waals surface area contributed by atoms with Crippen LogP contribution in [-0.2, 0) is 9.59 Å². The molecule has 2 aromatic carbocycles. The molecule has 0 radical (unpaired) electrons. The van der Waals surface area contributed by atoms with Crippen LogP contribution in [0.4, 0.5) is 5.69 Å². The third kappa shape index (κ3) is 4.28. The fourth-order valence-corrected chi connectivity index (χ4v) is 3.15. The van der Waals surface area contributed by atoms with Crippen LogP contribution in [-0.4, -0.2) is 24.3 Å². The average Bonchev–Trinajstić information content (AvgIpc) is 3.03. The number of carbonyl (C=O) groups excluding carboxylic acids is 3. The number of benzene rings is 2. The monoisotopic (exact) mass is 385 g/mol. The Labute approximate surface area is 162 Å². The Hall–Kier alpha value is -2.86. The molecule has 2 N–H and O–H groups in total. The van der Waals surface area contributed by atoms with Gasteiger partial charge in [0.05, 0.1) is 5.92 Å². The van der Waals surface area contributed by atoms with Gasteiger partial charge in [0, 0.05) is 29.2 Å². The van der Waals surface area contributed by atoms with Gasteiger partial charge in [-0.2, -0.15) is 0 Å². The molecule has 2 aromatic rings. The van der Waals surface area contributed by atoms with Crippen molar-refractivity contribution in [2.75, 3.05) is 11.4 Å². The largest absolute Gasteiger partial charge is 0.311 e. The van der Waals surface area contributed by atoms with Crippen LogP contribution in [0.25, 0.3) is 0 Å². The molecule has 0 bridgehead atoms. The molecule has 0 spiro atoms. The zero-order valence-corrected chi connectivity index (χ0v) is 15.8. The van der Waals surface area contributed by atoms with E-state index in [1.54, 1.807) is 29.2 Å². The maximum Gasteiger partial charge on any atom is 0.269 e. The number of halogens is 1. The van der Waals surface area contributed by atoms with Gasteiger partial charge in [0.2, 0.25) is 11.8 Å². The Kier molecular flexibility index (Phi) is 5.46. The van der Waals surface area contributed by atoms with Gasteiger partial charge in [-0.05, 0) is 55.3 Å². The van der Waals surface area contributed by atoms with Crippen LogP contribution < -0.4 is 15.8 Å². The zero-order valence-electron chi connectivity index (χ0n) is 15.1. The van der Waals surface area contributed by atoms with Crippen LogP contribution >= 0.6 is 11.6 Å². The summed E-state index contributed by atoms with van der Waals surface area (Å²) in [6.07, 6.45) is 0.107. The van der Waals surface area contributed by atoms with Crippen molar-refractivity contribution in [1.29, 1.82) is 0 Å². The Morgan fingerprint density at radius 3 is 2.48 bits per heavy atom. The summed E-state index contributed by atoms with van der Waals surface area (Å²) in [5.74, 6) is -1.47. The molecule has 1 aliphatic heterocycles. The second kappa shape index (κ2) is 7.80. The second-order valence-corrected chi connectivity index (χ2v) is 7.08. The standard InChI is InChI=1S/C20H20ClN3O3/c1-12-3-4-13(2)17(9-12)24-11-15(10-18(24)25)20(27)23-22-19(26)14-5-7-16(21)8-6-14/h3-9,15H,10-11H2,1-2H3,(H,22,26)(H,23,27)/t15-/m1/s1. The Morgan fingerprint density at radius 2 is 1.78 bits per heavy atom. The van der Waals surface area contributed by atoms with E-state index in [4.69, 9.17) is 11.6 Å². The van der Waals surface area contributed by atoms with E-state index in [-0.39, 0.29) is 18.9 Å². The lowest BCUT2D eigenvalue weighted by molar-refractivity contribution is -0.126. The molecule has 1 aliphatic rings. The van der Waals surface area contributed by atoms with E-state index in [2.05, 4.69) is 10.9 Å². The van der Waals surface area contributed by atoms with Gasteiger partial charge in [-0.25, -0.2) is 0 Å². The first-order valence-corrected chi connectivity index (χ1v) is 8.96. The summed E-state index contributed by atoms with van der Waals surface area (Å²) in [7, 11) is 0. The van der Waals surface area contributed by atoms with E-state index in [9.17, 15) is 14.4 Å². The van der Waals surface area contributed by atoms with Gasteiger partial charge in [-0.15, -0.1) is 0 Å². The maximum absolute atomic E-state index is 12.4. The van der Waals surface area contributed by atoms with Crippen molar-refractivity contribution in [2.45, 2.75) is 20.3 Å². The lowest BCUT2D eigenvalue weighted by Gasteiger charge is -2.19. The van der Waals surface area contributed by atoms with Crippen molar-refractivity contribution in [3.8, 4) is 0 Å². The summed E-state index contributed by atoms with van der Waals surface area (Å²) >= 11 is 5.79. The maximum atomic E-state index is 12.4. The molecule has 7 heteroatoms. The summed E-state index contributed by atoms with van der Waals surface area (Å²) in [5, 5.41) is 0.520. The Morgan fingerprint density at radius 1 is 1.07 bits per heavy atom. The van der Waals surface area contributed by atoms with Crippen LogP contribution in [0, 0.1) is 19.8 Å². The third-order valence-electron chi connectivity index (χ3n) is 4.56. The molecule has 3 amide bonds. The van der Waals surface area contributed by atoms with Gasteiger partial charge in [-0.3, -0.25) is 25.2 Å². The Bertz CT molecular complexity index is 896. The van der Waals surface area contributed by atoms with Crippen LogP contribution in [0.15, 0.2) is 42.5 Å². The van der Waals surface area contributed by atoms with Gasteiger partial charge >= 0.3 is 0 Å². The van der Waals surface area contributed by atoms with Crippen LogP contribution in [0.1, 0.15) is 27.9 Å². The summed E-state index contributed by atoms with van der Waals surface area (Å²) in [6, 6.07) is 12.2. The number of nitrogens with zero attached hydrogens (tertiary/aromatic N) is 1. The summed E-state index contributed by atoms with van der Waals surface area (Å²) in [4.78, 5) is 38.5. The van der Waals surface area contributed by atoms with E-state index in [1.807, 2.05) is 32.0 Å². The van der Waals surface area contributed by atoms with Crippen LogP contribution in [0.2, 0.25) is 5.02 Å². The van der Waals surface area contributed by atoms with Crippen molar-refractivity contribution in [3.05, 3.63) is 64.2 Å². The SMILES string of the molecule is Cc1ccc(C)c(N2C[C@H](C(=O)NNC(=O)c3ccc(Cl)cc3)CC2=O)c1. The predicted octanol–water partition coefficient (Wildman–Crippen LogP) is 2.77. The number of carbonyl (C=O) groups is 3. The molecular formula is C20H20ClN3O3. The van der Waals surface area contributed by atoms with Crippen molar-refractivity contribution in [1.82, 2.24) is 10.9 Å². The minimum absolute atomic E-state index is 0.104. The van der Waals surface area contributed by atoms with E-state index >= 15 is 0 Å². The minimum Gasteiger partial charge on any atom is -0.311 e. The number of aryl methyl sites for hydroxylation is 2. The Balaban J connectivity index is 1.61. The molecular weight excluding hydrogens is 366 g/mol. The number of rotatable bonds is 3. The average molecular weight is 386 g/mol. The van der Waals surface area contributed by atoms with Gasteiger partial charge < -0.3 is 4.90 Å². The fraction of sp³-hybridized carbons (Fsp3) is 0.250. The molecule has 27 heavy (non-hydrogen) atoms. The van der Waals surface area contributed by atoms with Crippen LogP contribution in [0.3, 0.4) is 0 Å². The number of hydrogen-bond acceptors (Lipinski definition) is 3. The fourth-order valence-electron chi connectivity index (χ4n) is 3.02. The van der Waals surface area contributed by atoms with E-state index in [0.717, 1.165) is 16.8 Å². The topological polar surface area (TPSA) is 78.5 Å². The van der Waals surface area contributed by atoms with E-state index in [1.165, 1.54) is 0 Å². The van der Waals surface area contributed by atoms with Gasteiger partial charge in [0.25, 0.3) is 5.91 Å². The molecule has 0 aromatic heterocycles. The highest BCUT2D eigenvalue weighted by Gasteiger charge is 2.35. The summed E-state index contributed by atoms with van der Waals surface area (Å²) in [5.41, 5.74) is 8.00. The van der Waals surface area contributed by atoms with Crippen molar-refractivity contribution >= 4 is 35.0 Å². The van der Waals surface area contributed by atoms with Crippen molar-refractivity contribution in [2.24, 2.45) is 5.92 Å². The minimum atomic E-state index is -0.525. The van der Waals surface area contributed by atoms with Gasteiger partial charge in [0.1, 0.15) is 0 Å². The number of nitrogens with one attached hydrogen (secondary N) is 2. The van der Waals surface area contributed by atoms with Crippen molar-refractivity contribution in [3.63, 3.8) is 0 Å². The molecule has 140 valence electrons. The molecule has 1 heterocycles. The van der Waals surface area contributed by atoms with Gasteiger partial charge in [0.15, 0.2) is 0 Å². The smallest absolute Gasteiger partial charge is 0.269 e. The number of anilines is 1. The highest BCUT2D eigenvalue weighted by molar-refractivity contribution is 6.30.